The van der Waals surface area contributed by atoms with Crippen LogP contribution in [0.3, 0.4) is 0 Å². The number of nitrogens with zero attached hydrogens (tertiary/aromatic N) is 2. The van der Waals surface area contributed by atoms with Gasteiger partial charge >= 0.3 is 0 Å². The number of anilines is 1. The fourth-order valence-corrected chi connectivity index (χ4v) is 3.08. The van der Waals surface area contributed by atoms with E-state index in [9.17, 15) is 8.42 Å². The maximum Gasteiger partial charge on any atom is 0.246 e. The average Bonchev–Trinajstić information content (AvgIpc) is 2.41. The number of hydrogen-bond acceptors (Lipinski definition) is 5. The minimum absolute atomic E-state index is 0.0386. The number of nitrogen functional groups attached to an aromatic ring is 1. The van der Waals surface area contributed by atoms with Gasteiger partial charge < -0.3 is 5.73 Å². The van der Waals surface area contributed by atoms with E-state index in [4.69, 9.17) is 5.73 Å². The average molecular weight is 264 g/mol. The smallest absolute Gasteiger partial charge is 0.246 e. The Balaban J connectivity index is 2.98. The fourth-order valence-electron chi connectivity index (χ4n) is 1.30. The van der Waals surface area contributed by atoms with Gasteiger partial charge in [0.25, 0.3) is 0 Å². The number of hydrogen-bond donors (Lipinski definition) is 2. The zero-order valence-corrected chi connectivity index (χ0v) is 11.2. The number of aryl methyl sites for hydroxylation is 1. The van der Waals surface area contributed by atoms with E-state index in [1.807, 2.05) is 6.26 Å². The van der Waals surface area contributed by atoms with Gasteiger partial charge in [0.05, 0.1) is 5.69 Å². The Bertz CT molecular complexity index is 467. The molecule has 1 aromatic rings. The zero-order valence-electron chi connectivity index (χ0n) is 9.52. The van der Waals surface area contributed by atoms with Gasteiger partial charge in [0, 0.05) is 19.3 Å². The van der Waals surface area contributed by atoms with Gasteiger partial charge in [-0.2, -0.15) is 16.9 Å². The largest absolute Gasteiger partial charge is 0.381 e. The van der Waals surface area contributed by atoms with Crippen molar-refractivity contribution in [3.63, 3.8) is 0 Å². The van der Waals surface area contributed by atoms with Crippen LogP contribution < -0.4 is 10.5 Å². The van der Waals surface area contributed by atoms with Crippen molar-refractivity contribution in [2.75, 3.05) is 24.3 Å². The first kappa shape index (κ1) is 13.3. The molecule has 3 N–H and O–H groups in total. The minimum Gasteiger partial charge on any atom is -0.381 e. The molecular formula is C8H16N4O2S2. The topological polar surface area (TPSA) is 90.0 Å². The van der Waals surface area contributed by atoms with Crippen LogP contribution in [0.1, 0.15) is 5.69 Å². The van der Waals surface area contributed by atoms with Gasteiger partial charge in [0.1, 0.15) is 4.90 Å². The second-order valence-corrected chi connectivity index (χ2v) is 6.00. The number of nitrogens with one attached hydrogen (secondary N) is 1. The van der Waals surface area contributed by atoms with Gasteiger partial charge in [0.15, 0.2) is 5.82 Å². The molecule has 8 heteroatoms. The van der Waals surface area contributed by atoms with Crippen LogP contribution in [0.4, 0.5) is 5.82 Å². The normalized spacial score (nSPS) is 11.9. The van der Waals surface area contributed by atoms with Crippen molar-refractivity contribution >= 4 is 27.6 Å². The summed E-state index contributed by atoms with van der Waals surface area (Å²) >= 11 is 1.57. The third-order valence-electron chi connectivity index (χ3n) is 2.17. The van der Waals surface area contributed by atoms with Crippen molar-refractivity contribution in [3.05, 3.63) is 5.69 Å². The lowest BCUT2D eigenvalue weighted by Crippen LogP contribution is -2.27. The second kappa shape index (κ2) is 5.07. The molecule has 0 spiro atoms. The van der Waals surface area contributed by atoms with Crippen molar-refractivity contribution in [2.24, 2.45) is 7.05 Å². The van der Waals surface area contributed by atoms with Gasteiger partial charge in [-0.3, -0.25) is 4.68 Å². The molecule has 1 heterocycles. The molecule has 16 heavy (non-hydrogen) atoms. The highest BCUT2D eigenvalue weighted by atomic mass is 32.2. The molecule has 0 atom stereocenters. The van der Waals surface area contributed by atoms with Crippen LogP contribution in [-0.2, 0) is 17.1 Å². The van der Waals surface area contributed by atoms with Crippen LogP contribution >= 0.6 is 11.8 Å². The summed E-state index contributed by atoms with van der Waals surface area (Å²) in [7, 11) is -1.89. The maximum atomic E-state index is 11.9. The molecule has 0 saturated heterocycles. The Hall–Kier alpha value is -0.730. The molecule has 0 saturated carbocycles. The highest BCUT2D eigenvalue weighted by Crippen LogP contribution is 2.20. The number of aromatic nitrogens is 2. The summed E-state index contributed by atoms with van der Waals surface area (Å²) in [5.41, 5.74) is 6.11. The molecule has 0 aromatic carbocycles. The number of rotatable bonds is 5. The van der Waals surface area contributed by atoms with Crippen molar-refractivity contribution in [1.82, 2.24) is 14.5 Å². The first-order chi connectivity index (χ1) is 7.40. The monoisotopic (exact) mass is 264 g/mol. The molecule has 0 aliphatic carbocycles. The molecule has 0 aliphatic heterocycles. The van der Waals surface area contributed by atoms with Crippen LogP contribution in [0.25, 0.3) is 0 Å². The molecule has 92 valence electrons. The van der Waals surface area contributed by atoms with Crippen molar-refractivity contribution in [3.8, 4) is 0 Å². The van der Waals surface area contributed by atoms with E-state index in [1.54, 1.807) is 25.7 Å². The van der Waals surface area contributed by atoms with E-state index in [-0.39, 0.29) is 10.7 Å². The predicted molar refractivity (Wildman–Crippen MR) is 65.9 cm³/mol. The third-order valence-corrected chi connectivity index (χ3v) is 4.41. The van der Waals surface area contributed by atoms with Crippen molar-refractivity contribution < 1.29 is 8.42 Å². The Labute approximate surface area is 99.6 Å². The Morgan fingerprint density at radius 3 is 2.62 bits per heavy atom. The quantitative estimate of drug-likeness (QED) is 0.728. The summed E-state index contributed by atoms with van der Waals surface area (Å²) < 4.78 is 27.8. The van der Waals surface area contributed by atoms with Gasteiger partial charge in [-0.25, -0.2) is 13.1 Å². The van der Waals surface area contributed by atoms with Crippen LogP contribution in [-0.4, -0.2) is 36.8 Å². The summed E-state index contributed by atoms with van der Waals surface area (Å²) in [4.78, 5) is 0.0797. The lowest BCUT2D eigenvalue weighted by molar-refractivity contribution is 0.583. The highest BCUT2D eigenvalue weighted by Gasteiger charge is 2.23. The van der Waals surface area contributed by atoms with E-state index in [1.165, 1.54) is 4.68 Å². The fraction of sp³-hybridized carbons (Fsp3) is 0.625. The van der Waals surface area contributed by atoms with Crippen LogP contribution in [0.15, 0.2) is 4.90 Å². The van der Waals surface area contributed by atoms with E-state index < -0.39 is 10.0 Å². The molecule has 0 aliphatic rings. The number of nitrogens with two attached hydrogens (primary N) is 1. The maximum absolute atomic E-state index is 11.9. The van der Waals surface area contributed by atoms with Crippen LogP contribution in [0, 0.1) is 6.92 Å². The van der Waals surface area contributed by atoms with Crippen LogP contribution in [0.2, 0.25) is 0 Å². The van der Waals surface area contributed by atoms with Gasteiger partial charge in [-0.15, -0.1) is 0 Å². The summed E-state index contributed by atoms with van der Waals surface area (Å²) in [5.74, 6) is 0.759. The molecule has 0 radical (unpaired) electrons. The van der Waals surface area contributed by atoms with Crippen LogP contribution in [0.5, 0.6) is 0 Å². The van der Waals surface area contributed by atoms with E-state index in [2.05, 4.69) is 9.82 Å². The lowest BCUT2D eigenvalue weighted by Gasteiger charge is -2.05. The predicted octanol–water partition coefficient (Wildman–Crippen LogP) is -0.0480. The molecule has 1 aromatic heterocycles. The van der Waals surface area contributed by atoms with Gasteiger partial charge in [-0.1, -0.05) is 0 Å². The summed E-state index contributed by atoms with van der Waals surface area (Å²) in [6.45, 7) is 2.06. The van der Waals surface area contributed by atoms with Gasteiger partial charge in [0.2, 0.25) is 10.0 Å². The second-order valence-electron chi connectivity index (χ2n) is 3.31. The van der Waals surface area contributed by atoms with Crippen molar-refractivity contribution in [1.29, 1.82) is 0 Å². The SMILES string of the molecule is CSCCNS(=O)(=O)c1c(N)nn(C)c1C. The first-order valence-corrected chi connectivity index (χ1v) is 7.55. The minimum atomic E-state index is -3.54. The van der Waals surface area contributed by atoms with Gasteiger partial charge in [-0.05, 0) is 13.2 Å². The van der Waals surface area contributed by atoms with Crippen molar-refractivity contribution in [2.45, 2.75) is 11.8 Å². The molecular weight excluding hydrogens is 248 g/mol. The molecule has 6 nitrogen and oxygen atoms in total. The summed E-state index contributed by atoms with van der Waals surface area (Å²) in [6, 6.07) is 0. The standard InChI is InChI=1S/C8H16N4O2S2/c1-6-7(8(9)11-12(6)2)16(13,14)10-4-5-15-3/h10H,4-5H2,1-3H3,(H2,9,11). The first-order valence-electron chi connectivity index (χ1n) is 4.68. The zero-order chi connectivity index (χ0) is 12.3. The third kappa shape index (κ3) is 2.69. The molecule has 0 amide bonds. The number of sulfonamides is 1. The molecule has 1 rings (SSSR count). The Morgan fingerprint density at radius 2 is 2.19 bits per heavy atom. The van der Waals surface area contributed by atoms with E-state index >= 15 is 0 Å². The Morgan fingerprint density at radius 1 is 1.56 bits per heavy atom. The Kier molecular flexibility index (Phi) is 4.22. The van der Waals surface area contributed by atoms with E-state index in [0.717, 1.165) is 5.75 Å². The lowest BCUT2D eigenvalue weighted by atomic mass is 10.5. The van der Waals surface area contributed by atoms with E-state index in [0.29, 0.717) is 12.2 Å². The highest BCUT2D eigenvalue weighted by molar-refractivity contribution is 7.98. The summed E-state index contributed by atoms with van der Waals surface area (Å²) in [6.07, 6.45) is 1.91. The molecule has 0 fully saturated rings. The molecule has 0 unspecified atom stereocenters. The number of thioether (sulfide) groups is 1. The summed E-state index contributed by atoms with van der Waals surface area (Å²) in [5, 5.41) is 3.88. The molecule has 0 bridgehead atoms.